The van der Waals surface area contributed by atoms with Crippen molar-refractivity contribution < 1.29 is 14.3 Å². The lowest BCUT2D eigenvalue weighted by atomic mass is 10.2. The van der Waals surface area contributed by atoms with Gasteiger partial charge < -0.3 is 14.8 Å². The summed E-state index contributed by atoms with van der Waals surface area (Å²) in [7, 11) is 2.01. The van der Waals surface area contributed by atoms with Gasteiger partial charge in [-0.3, -0.25) is 9.69 Å². The van der Waals surface area contributed by atoms with Gasteiger partial charge in [0, 0.05) is 6.04 Å². The number of nitrogens with one attached hydrogen (secondary N) is 1. The summed E-state index contributed by atoms with van der Waals surface area (Å²) in [6.07, 6.45) is 2.59. The molecule has 0 aliphatic heterocycles. The first-order chi connectivity index (χ1) is 11.1. The molecule has 0 bridgehead atoms. The number of rotatable bonds is 10. The molecule has 0 heterocycles. The van der Waals surface area contributed by atoms with Gasteiger partial charge in [0.15, 0.2) is 0 Å². The van der Waals surface area contributed by atoms with Crippen molar-refractivity contribution in [3.8, 4) is 11.5 Å². The summed E-state index contributed by atoms with van der Waals surface area (Å²) in [5.74, 6) is 2.44. The minimum Gasteiger partial charge on any atom is -0.494 e. The third-order valence-corrected chi connectivity index (χ3v) is 4.22. The van der Waals surface area contributed by atoms with Crippen LogP contribution in [0, 0.1) is 5.92 Å². The molecule has 1 amide bonds. The number of carbonyl (C=O) groups excluding carboxylic acids is 1. The van der Waals surface area contributed by atoms with E-state index in [0.717, 1.165) is 17.4 Å². The van der Waals surface area contributed by atoms with E-state index in [1.165, 1.54) is 12.8 Å². The van der Waals surface area contributed by atoms with Crippen molar-refractivity contribution in [3.63, 3.8) is 0 Å². The first-order valence-corrected chi connectivity index (χ1v) is 8.42. The van der Waals surface area contributed by atoms with Crippen LogP contribution >= 0.6 is 0 Å². The lowest BCUT2D eigenvalue weighted by Crippen LogP contribution is -2.41. The van der Waals surface area contributed by atoms with Gasteiger partial charge in [-0.2, -0.15) is 0 Å². The highest BCUT2D eigenvalue weighted by atomic mass is 16.5. The summed E-state index contributed by atoms with van der Waals surface area (Å²) in [6, 6.07) is 7.99. The molecular formula is C18H28N2O3. The van der Waals surface area contributed by atoms with Gasteiger partial charge in [-0.25, -0.2) is 0 Å². The van der Waals surface area contributed by atoms with Crippen LogP contribution in [0.15, 0.2) is 24.3 Å². The second-order valence-electron chi connectivity index (χ2n) is 6.10. The molecule has 1 saturated carbocycles. The van der Waals surface area contributed by atoms with Crippen LogP contribution in [-0.2, 0) is 4.79 Å². The van der Waals surface area contributed by atoms with E-state index in [0.29, 0.717) is 32.3 Å². The van der Waals surface area contributed by atoms with Crippen LogP contribution in [0.1, 0.15) is 26.7 Å². The van der Waals surface area contributed by atoms with Crippen LogP contribution in [0.2, 0.25) is 0 Å². The molecule has 1 aromatic rings. The summed E-state index contributed by atoms with van der Waals surface area (Å²) in [5.41, 5.74) is 0. The second-order valence-corrected chi connectivity index (χ2v) is 6.10. The number of carbonyl (C=O) groups is 1. The average molecular weight is 320 g/mol. The number of amides is 1. The van der Waals surface area contributed by atoms with E-state index in [9.17, 15) is 4.79 Å². The van der Waals surface area contributed by atoms with Crippen molar-refractivity contribution in [2.45, 2.75) is 32.7 Å². The van der Waals surface area contributed by atoms with Crippen molar-refractivity contribution in [1.29, 1.82) is 0 Å². The van der Waals surface area contributed by atoms with E-state index in [1.807, 2.05) is 38.2 Å². The molecule has 1 aromatic carbocycles. The molecule has 23 heavy (non-hydrogen) atoms. The van der Waals surface area contributed by atoms with Gasteiger partial charge >= 0.3 is 0 Å². The van der Waals surface area contributed by atoms with Crippen LogP contribution in [0.3, 0.4) is 0 Å². The summed E-state index contributed by atoms with van der Waals surface area (Å²) in [5, 5.41) is 2.90. The van der Waals surface area contributed by atoms with E-state index < -0.39 is 0 Å². The predicted octanol–water partition coefficient (Wildman–Crippen LogP) is 2.31. The van der Waals surface area contributed by atoms with Crippen LogP contribution in [0.25, 0.3) is 0 Å². The summed E-state index contributed by atoms with van der Waals surface area (Å²) < 4.78 is 11.0. The molecule has 128 valence electrons. The van der Waals surface area contributed by atoms with Crippen molar-refractivity contribution in [2.75, 3.05) is 33.4 Å². The standard InChI is InChI=1S/C18H28N2O3/c1-4-22-16-7-9-17(10-8-16)23-12-11-19-18(21)13-20(3)14(2)15-5-6-15/h7-10,14-15H,4-6,11-13H2,1-3H3,(H,19,21). The van der Waals surface area contributed by atoms with Crippen molar-refractivity contribution in [2.24, 2.45) is 5.92 Å². The predicted molar refractivity (Wildman–Crippen MR) is 90.9 cm³/mol. The molecule has 0 spiro atoms. The molecule has 1 N–H and O–H groups in total. The van der Waals surface area contributed by atoms with Gasteiger partial charge in [0.1, 0.15) is 18.1 Å². The fourth-order valence-corrected chi connectivity index (χ4v) is 2.52. The number of likely N-dealkylation sites (N-methyl/N-ethyl adjacent to an activating group) is 1. The molecule has 1 aliphatic carbocycles. The Balaban J connectivity index is 1.59. The molecule has 1 atom stereocenters. The Hall–Kier alpha value is -1.75. The van der Waals surface area contributed by atoms with Gasteiger partial charge in [0.05, 0.1) is 19.7 Å². The third kappa shape index (κ3) is 6.10. The Bertz CT molecular complexity index is 486. The molecule has 0 radical (unpaired) electrons. The molecule has 1 fully saturated rings. The zero-order valence-corrected chi connectivity index (χ0v) is 14.4. The maximum atomic E-state index is 11.9. The fourth-order valence-electron chi connectivity index (χ4n) is 2.52. The first-order valence-electron chi connectivity index (χ1n) is 8.42. The molecule has 0 aromatic heterocycles. The molecule has 1 aliphatic rings. The normalized spacial score (nSPS) is 15.3. The van der Waals surface area contributed by atoms with E-state index >= 15 is 0 Å². The number of nitrogens with zero attached hydrogens (tertiary/aromatic N) is 1. The van der Waals surface area contributed by atoms with E-state index in [-0.39, 0.29) is 5.91 Å². The maximum Gasteiger partial charge on any atom is 0.234 e. The van der Waals surface area contributed by atoms with Crippen molar-refractivity contribution in [3.05, 3.63) is 24.3 Å². The molecule has 2 rings (SSSR count). The van der Waals surface area contributed by atoms with Crippen LogP contribution in [0.4, 0.5) is 0 Å². The first kappa shape index (κ1) is 17.6. The van der Waals surface area contributed by atoms with Crippen molar-refractivity contribution >= 4 is 5.91 Å². The quantitative estimate of drug-likeness (QED) is 0.672. The number of hydrogen-bond acceptors (Lipinski definition) is 4. The largest absolute Gasteiger partial charge is 0.494 e. The van der Waals surface area contributed by atoms with E-state index in [4.69, 9.17) is 9.47 Å². The Morgan fingerprint density at radius 1 is 1.26 bits per heavy atom. The monoisotopic (exact) mass is 320 g/mol. The fraction of sp³-hybridized carbons (Fsp3) is 0.611. The maximum absolute atomic E-state index is 11.9. The molecule has 1 unspecified atom stereocenters. The molecular weight excluding hydrogens is 292 g/mol. The SMILES string of the molecule is CCOc1ccc(OCCNC(=O)CN(C)C(C)C2CC2)cc1. The zero-order valence-electron chi connectivity index (χ0n) is 14.4. The van der Waals surface area contributed by atoms with Gasteiger partial charge in [0.2, 0.25) is 5.91 Å². The Kier molecular flexibility index (Phi) is 6.71. The van der Waals surface area contributed by atoms with Crippen LogP contribution in [0.5, 0.6) is 11.5 Å². The lowest BCUT2D eigenvalue weighted by Gasteiger charge is -2.23. The highest BCUT2D eigenvalue weighted by molar-refractivity contribution is 5.78. The topological polar surface area (TPSA) is 50.8 Å². The minimum absolute atomic E-state index is 0.0512. The van der Waals surface area contributed by atoms with Crippen molar-refractivity contribution in [1.82, 2.24) is 10.2 Å². The lowest BCUT2D eigenvalue weighted by molar-refractivity contribution is -0.122. The van der Waals surface area contributed by atoms with Gasteiger partial charge in [-0.1, -0.05) is 0 Å². The van der Waals surface area contributed by atoms with Crippen LogP contribution in [-0.4, -0.2) is 50.2 Å². The minimum atomic E-state index is 0.0512. The Morgan fingerprint density at radius 3 is 2.43 bits per heavy atom. The number of hydrogen-bond donors (Lipinski definition) is 1. The Morgan fingerprint density at radius 2 is 1.87 bits per heavy atom. The van der Waals surface area contributed by atoms with Crippen LogP contribution < -0.4 is 14.8 Å². The van der Waals surface area contributed by atoms with Gasteiger partial charge in [-0.05, 0) is 63.9 Å². The van der Waals surface area contributed by atoms with E-state index in [1.54, 1.807) is 0 Å². The number of benzene rings is 1. The highest BCUT2D eigenvalue weighted by Crippen LogP contribution is 2.34. The Labute approximate surface area is 139 Å². The summed E-state index contributed by atoms with van der Waals surface area (Å²) in [4.78, 5) is 14.0. The molecule has 5 nitrogen and oxygen atoms in total. The summed E-state index contributed by atoms with van der Waals surface area (Å²) >= 11 is 0. The molecule has 5 heteroatoms. The smallest absolute Gasteiger partial charge is 0.234 e. The van der Waals surface area contributed by atoms with Gasteiger partial charge in [-0.15, -0.1) is 0 Å². The molecule has 0 saturated heterocycles. The highest BCUT2D eigenvalue weighted by Gasteiger charge is 2.30. The number of ether oxygens (including phenoxy) is 2. The summed E-state index contributed by atoms with van der Waals surface area (Å²) in [6.45, 7) is 6.22. The zero-order chi connectivity index (χ0) is 16.7. The third-order valence-electron chi connectivity index (χ3n) is 4.22. The second kappa shape index (κ2) is 8.77. The average Bonchev–Trinajstić information content (AvgIpc) is 3.37. The van der Waals surface area contributed by atoms with Gasteiger partial charge in [0.25, 0.3) is 0 Å². The van der Waals surface area contributed by atoms with E-state index in [2.05, 4.69) is 17.1 Å².